The number of halogens is 1. The van der Waals surface area contributed by atoms with Crippen LogP contribution in [0.15, 0.2) is 72.8 Å². The van der Waals surface area contributed by atoms with E-state index in [-0.39, 0.29) is 0 Å². The quantitative estimate of drug-likeness (QED) is 0.554. The molecule has 0 saturated heterocycles. The number of para-hydroxylation sites is 1. The lowest BCUT2D eigenvalue weighted by Crippen LogP contribution is -2.22. The van der Waals surface area contributed by atoms with Gasteiger partial charge in [-0.1, -0.05) is 78.4 Å². The highest BCUT2D eigenvalue weighted by Crippen LogP contribution is 2.22. The van der Waals surface area contributed by atoms with Gasteiger partial charge in [0.2, 0.25) is 0 Å². The minimum atomic E-state index is 0.400. The highest BCUT2D eigenvalue weighted by molar-refractivity contribution is 7.80. The van der Waals surface area contributed by atoms with Crippen LogP contribution in [0.1, 0.15) is 22.3 Å². The van der Waals surface area contributed by atoms with E-state index in [1.807, 2.05) is 60.7 Å². The summed E-state index contributed by atoms with van der Waals surface area (Å²) in [7, 11) is 0. The summed E-state index contributed by atoms with van der Waals surface area (Å²) in [6.07, 6.45) is 0. The Hall–Kier alpha value is -2.36. The van der Waals surface area contributed by atoms with E-state index in [1.165, 1.54) is 11.1 Å². The van der Waals surface area contributed by atoms with Crippen LogP contribution in [0, 0.1) is 6.92 Å². The van der Waals surface area contributed by atoms with Gasteiger partial charge in [0, 0.05) is 17.1 Å². The molecule has 0 radical (unpaired) electrons. The third kappa shape index (κ3) is 4.63. The standard InChI is InChI=1S/C22H20ClNOS/c1-16-8-2-3-9-17(16)14-24-22(26)19-11-5-7-13-21(19)25-15-18-10-4-6-12-20(18)23/h2-13H,14-15H2,1H3,(H,24,26). The molecule has 0 aliphatic carbocycles. The van der Waals surface area contributed by atoms with E-state index in [9.17, 15) is 0 Å². The molecule has 132 valence electrons. The molecule has 0 aliphatic heterocycles. The number of hydrogen-bond acceptors (Lipinski definition) is 2. The molecular weight excluding hydrogens is 362 g/mol. The second kappa shape index (κ2) is 8.84. The predicted octanol–water partition coefficient (Wildman–Crippen LogP) is 5.69. The maximum atomic E-state index is 6.21. The SMILES string of the molecule is Cc1ccccc1CNC(=S)c1ccccc1OCc1ccccc1Cl. The maximum Gasteiger partial charge on any atom is 0.129 e. The highest BCUT2D eigenvalue weighted by Gasteiger charge is 2.10. The van der Waals surface area contributed by atoms with Crippen LogP contribution < -0.4 is 10.1 Å². The molecule has 3 aromatic carbocycles. The summed E-state index contributed by atoms with van der Waals surface area (Å²) in [5, 5.41) is 4.03. The molecule has 0 unspecified atom stereocenters. The Kier molecular flexibility index (Phi) is 6.26. The van der Waals surface area contributed by atoms with E-state index in [0.29, 0.717) is 23.2 Å². The molecule has 3 aromatic rings. The second-order valence-corrected chi connectivity index (χ2v) is 6.80. The van der Waals surface area contributed by atoms with Gasteiger partial charge < -0.3 is 10.1 Å². The van der Waals surface area contributed by atoms with Gasteiger partial charge in [-0.15, -0.1) is 0 Å². The van der Waals surface area contributed by atoms with Crippen LogP contribution in [-0.2, 0) is 13.2 Å². The smallest absolute Gasteiger partial charge is 0.129 e. The van der Waals surface area contributed by atoms with Crippen LogP contribution in [0.4, 0.5) is 0 Å². The zero-order valence-corrected chi connectivity index (χ0v) is 16.1. The fourth-order valence-corrected chi connectivity index (χ4v) is 3.06. The third-order valence-electron chi connectivity index (χ3n) is 4.17. The van der Waals surface area contributed by atoms with E-state index in [2.05, 4.69) is 24.4 Å². The Balaban J connectivity index is 1.69. The monoisotopic (exact) mass is 381 g/mol. The first-order chi connectivity index (χ1) is 12.6. The van der Waals surface area contributed by atoms with E-state index < -0.39 is 0 Å². The Morgan fingerprint density at radius 1 is 0.923 bits per heavy atom. The number of ether oxygens (including phenoxy) is 1. The molecule has 0 saturated carbocycles. The van der Waals surface area contributed by atoms with Crippen molar-refractivity contribution in [2.45, 2.75) is 20.1 Å². The van der Waals surface area contributed by atoms with Crippen molar-refractivity contribution in [3.8, 4) is 5.75 Å². The number of thiocarbonyl (C=S) groups is 1. The number of hydrogen-bond donors (Lipinski definition) is 1. The lowest BCUT2D eigenvalue weighted by atomic mass is 10.1. The van der Waals surface area contributed by atoms with E-state index in [0.717, 1.165) is 16.9 Å². The number of rotatable bonds is 6. The Bertz CT molecular complexity index is 910. The zero-order chi connectivity index (χ0) is 18.4. The summed E-state index contributed by atoms with van der Waals surface area (Å²) in [4.78, 5) is 0.669. The molecule has 0 aromatic heterocycles. The van der Waals surface area contributed by atoms with Crippen LogP contribution in [0.5, 0.6) is 5.75 Å². The molecule has 0 spiro atoms. The minimum Gasteiger partial charge on any atom is -0.488 e. The van der Waals surface area contributed by atoms with Gasteiger partial charge in [0.05, 0.1) is 5.56 Å². The first-order valence-electron chi connectivity index (χ1n) is 8.43. The normalized spacial score (nSPS) is 10.4. The summed E-state index contributed by atoms with van der Waals surface area (Å²) >= 11 is 11.8. The van der Waals surface area contributed by atoms with E-state index in [4.69, 9.17) is 28.6 Å². The van der Waals surface area contributed by atoms with Gasteiger partial charge in [-0.3, -0.25) is 0 Å². The van der Waals surface area contributed by atoms with Crippen molar-refractivity contribution < 1.29 is 4.74 Å². The van der Waals surface area contributed by atoms with Crippen molar-refractivity contribution in [1.82, 2.24) is 5.32 Å². The van der Waals surface area contributed by atoms with Crippen molar-refractivity contribution in [1.29, 1.82) is 0 Å². The molecule has 26 heavy (non-hydrogen) atoms. The largest absolute Gasteiger partial charge is 0.488 e. The van der Waals surface area contributed by atoms with Gasteiger partial charge in [0.1, 0.15) is 17.3 Å². The first kappa shape index (κ1) is 18.4. The number of aryl methyl sites for hydroxylation is 1. The molecular formula is C22H20ClNOS. The van der Waals surface area contributed by atoms with Crippen LogP contribution in [0.25, 0.3) is 0 Å². The molecule has 0 bridgehead atoms. The van der Waals surface area contributed by atoms with Crippen LogP contribution in [0.2, 0.25) is 5.02 Å². The van der Waals surface area contributed by atoms with Crippen molar-refractivity contribution in [3.63, 3.8) is 0 Å². The molecule has 0 aliphatic rings. The molecule has 2 nitrogen and oxygen atoms in total. The van der Waals surface area contributed by atoms with Gasteiger partial charge in [0.15, 0.2) is 0 Å². The van der Waals surface area contributed by atoms with Crippen molar-refractivity contribution in [2.24, 2.45) is 0 Å². The highest BCUT2D eigenvalue weighted by atomic mass is 35.5. The van der Waals surface area contributed by atoms with Gasteiger partial charge in [-0.2, -0.15) is 0 Å². The second-order valence-electron chi connectivity index (χ2n) is 5.99. The van der Waals surface area contributed by atoms with Gasteiger partial charge in [-0.25, -0.2) is 0 Å². The lowest BCUT2D eigenvalue weighted by Gasteiger charge is -2.15. The van der Waals surface area contributed by atoms with Crippen LogP contribution in [0.3, 0.4) is 0 Å². The topological polar surface area (TPSA) is 21.3 Å². The zero-order valence-electron chi connectivity index (χ0n) is 14.5. The molecule has 0 fully saturated rings. The number of nitrogens with one attached hydrogen (secondary N) is 1. The predicted molar refractivity (Wildman–Crippen MR) is 112 cm³/mol. The van der Waals surface area contributed by atoms with E-state index in [1.54, 1.807) is 0 Å². The van der Waals surface area contributed by atoms with Crippen molar-refractivity contribution in [2.75, 3.05) is 0 Å². The number of benzene rings is 3. The summed E-state index contributed by atoms with van der Waals surface area (Å²) in [6, 6.07) is 23.7. The fourth-order valence-electron chi connectivity index (χ4n) is 2.63. The summed E-state index contributed by atoms with van der Waals surface area (Å²) in [5.74, 6) is 0.745. The lowest BCUT2D eigenvalue weighted by molar-refractivity contribution is 0.305. The Morgan fingerprint density at radius 2 is 1.58 bits per heavy atom. The Labute approximate surface area is 164 Å². The van der Waals surface area contributed by atoms with Crippen molar-refractivity contribution >= 4 is 28.8 Å². The Morgan fingerprint density at radius 3 is 2.35 bits per heavy atom. The van der Waals surface area contributed by atoms with Gasteiger partial charge in [-0.05, 0) is 36.2 Å². The third-order valence-corrected chi connectivity index (χ3v) is 4.91. The molecule has 4 heteroatoms. The van der Waals surface area contributed by atoms with E-state index >= 15 is 0 Å². The van der Waals surface area contributed by atoms with Gasteiger partial charge in [0.25, 0.3) is 0 Å². The summed E-state index contributed by atoms with van der Waals surface area (Å²) in [5.41, 5.74) is 4.29. The molecule has 1 N–H and O–H groups in total. The minimum absolute atomic E-state index is 0.400. The first-order valence-corrected chi connectivity index (χ1v) is 9.21. The molecule has 0 heterocycles. The molecule has 0 atom stereocenters. The molecule has 3 rings (SSSR count). The average molecular weight is 382 g/mol. The molecule has 0 amide bonds. The van der Waals surface area contributed by atoms with Crippen molar-refractivity contribution in [3.05, 3.63) is 100 Å². The summed E-state index contributed by atoms with van der Waals surface area (Å²) < 4.78 is 5.99. The maximum absolute atomic E-state index is 6.21. The average Bonchev–Trinajstić information content (AvgIpc) is 2.67. The fraction of sp³-hybridized carbons (Fsp3) is 0.136. The van der Waals surface area contributed by atoms with Crippen LogP contribution >= 0.6 is 23.8 Å². The summed E-state index contributed by atoms with van der Waals surface area (Å²) in [6.45, 7) is 3.18. The van der Waals surface area contributed by atoms with Crippen LogP contribution in [-0.4, -0.2) is 4.99 Å². The van der Waals surface area contributed by atoms with Gasteiger partial charge >= 0.3 is 0 Å².